The highest BCUT2D eigenvalue weighted by molar-refractivity contribution is 5.79. The summed E-state index contributed by atoms with van der Waals surface area (Å²) in [6.45, 7) is 11.5. The van der Waals surface area contributed by atoms with Crippen LogP contribution in [0.4, 0.5) is 0 Å². The Hall–Kier alpha value is -1.59. The van der Waals surface area contributed by atoms with Crippen molar-refractivity contribution in [2.45, 2.75) is 45.4 Å². The van der Waals surface area contributed by atoms with Gasteiger partial charge in [-0.25, -0.2) is 0 Å². The molecule has 1 heterocycles. The first-order chi connectivity index (χ1) is 13.2. The quantitative estimate of drug-likeness (QED) is 0.375. The second kappa shape index (κ2) is 12.7. The number of hydrogen-bond acceptors (Lipinski definition) is 3. The van der Waals surface area contributed by atoms with Crippen molar-refractivity contribution < 1.29 is 4.74 Å². The van der Waals surface area contributed by atoms with Gasteiger partial charge in [-0.1, -0.05) is 38.1 Å². The molecule has 1 aliphatic heterocycles. The first-order valence-corrected chi connectivity index (χ1v) is 10.5. The molecule has 5 heteroatoms. The fourth-order valence-corrected chi connectivity index (χ4v) is 3.28. The monoisotopic (exact) mass is 374 g/mol. The number of nitrogens with zero attached hydrogens (tertiary/aromatic N) is 2. The molecule has 5 nitrogen and oxygen atoms in total. The Bertz CT molecular complexity index is 536. The summed E-state index contributed by atoms with van der Waals surface area (Å²) in [5, 5.41) is 6.84. The summed E-state index contributed by atoms with van der Waals surface area (Å²) < 4.78 is 5.38. The lowest BCUT2D eigenvalue weighted by Crippen LogP contribution is -2.39. The fraction of sp³-hybridized carbons (Fsp3) is 0.682. The van der Waals surface area contributed by atoms with E-state index < -0.39 is 0 Å². The molecule has 0 atom stereocenters. The van der Waals surface area contributed by atoms with Gasteiger partial charge in [0.05, 0.1) is 13.2 Å². The second-order valence-corrected chi connectivity index (χ2v) is 7.59. The van der Waals surface area contributed by atoms with Crippen molar-refractivity contribution in [1.82, 2.24) is 15.5 Å². The van der Waals surface area contributed by atoms with Crippen molar-refractivity contribution in [1.29, 1.82) is 0 Å². The third-order valence-corrected chi connectivity index (χ3v) is 5.10. The molecular formula is C22H38N4O. The van der Waals surface area contributed by atoms with Gasteiger partial charge in [-0.3, -0.25) is 9.89 Å². The topological polar surface area (TPSA) is 48.9 Å². The molecule has 1 aromatic rings. The van der Waals surface area contributed by atoms with Crippen LogP contribution < -0.4 is 10.6 Å². The minimum Gasteiger partial charge on any atom is -0.379 e. The predicted octanol–water partition coefficient (Wildman–Crippen LogP) is 3.02. The molecule has 0 radical (unpaired) electrons. The van der Waals surface area contributed by atoms with Crippen molar-refractivity contribution >= 4 is 5.96 Å². The Kier molecular flexibility index (Phi) is 10.2. The van der Waals surface area contributed by atoms with Crippen LogP contribution in [0.5, 0.6) is 0 Å². The third-order valence-electron chi connectivity index (χ3n) is 5.10. The summed E-state index contributed by atoms with van der Waals surface area (Å²) in [6, 6.07) is 9.03. The lowest BCUT2D eigenvalue weighted by Gasteiger charge is -2.26. The number of benzene rings is 1. The lowest BCUT2D eigenvalue weighted by molar-refractivity contribution is 0.0372. The summed E-state index contributed by atoms with van der Waals surface area (Å²) in [5.41, 5.74) is 2.82. The average Bonchev–Trinajstić information content (AvgIpc) is 2.70. The Labute approximate surface area is 165 Å². The second-order valence-electron chi connectivity index (χ2n) is 7.59. The number of hydrogen-bond donors (Lipinski definition) is 2. The zero-order chi connectivity index (χ0) is 19.3. The van der Waals surface area contributed by atoms with Crippen molar-refractivity contribution in [2.75, 3.05) is 53.0 Å². The van der Waals surface area contributed by atoms with E-state index in [0.717, 1.165) is 58.2 Å². The third kappa shape index (κ3) is 8.76. The van der Waals surface area contributed by atoms with Gasteiger partial charge in [-0.05, 0) is 49.3 Å². The van der Waals surface area contributed by atoms with E-state index in [1.54, 1.807) is 0 Å². The molecule has 1 aliphatic rings. The number of nitrogens with one attached hydrogen (secondary N) is 2. The molecule has 1 saturated heterocycles. The van der Waals surface area contributed by atoms with Crippen LogP contribution in [0.1, 0.15) is 50.2 Å². The van der Waals surface area contributed by atoms with Gasteiger partial charge >= 0.3 is 0 Å². The molecule has 0 bridgehead atoms. The van der Waals surface area contributed by atoms with Crippen LogP contribution in [0, 0.1) is 0 Å². The van der Waals surface area contributed by atoms with E-state index in [1.807, 2.05) is 7.05 Å². The number of aliphatic imine (C=N–C) groups is 1. The minimum atomic E-state index is 0.601. The molecule has 0 saturated carbocycles. The normalized spacial score (nSPS) is 15.9. The number of morpholine rings is 1. The summed E-state index contributed by atoms with van der Waals surface area (Å²) in [4.78, 5) is 6.81. The molecule has 2 N–H and O–H groups in total. The zero-order valence-electron chi connectivity index (χ0n) is 17.5. The maximum Gasteiger partial charge on any atom is 0.190 e. The van der Waals surface area contributed by atoms with E-state index in [-0.39, 0.29) is 0 Å². The van der Waals surface area contributed by atoms with Crippen LogP contribution in [0.2, 0.25) is 0 Å². The van der Waals surface area contributed by atoms with Crippen molar-refractivity contribution in [2.24, 2.45) is 4.99 Å². The van der Waals surface area contributed by atoms with Gasteiger partial charge < -0.3 is 15.4 Å². The predicted molar refractivity (Wildman–Crippen MR) is 115 cm³/mol. The molecule has 2 rings (SSSR count). The van der Waals surface area contributed by atoms with Gasteiger partial charge in [-0.15, -0.1) is 0 Å². The van der Waals surface area contributed by atoms with Gasteiger partial charge in [-0.2, -0.15) is 0 Å². The van der Waals surface area contributed by atoms with Crippen LogP contribution >= 0.6 is 0 Å². The van der Waals surface area contributed by atoms with Gasteiger partial charge in [0, 0.05) is 33.2 Å². The highest BCUT2D eigenvalue weighted by atomic mass is 16.5. The van der Waals surface area contributed by atoms with Gasteiger partial charge in [0.25, 0.3) is 0 Å². The van der Waals surface area contributed by atoms with Crippen molar-refractivity contribution in [3.63, 3.8) is 0 Å². The van der Waals surface area contributed by atoms with E-state index in [4.69, 9.17) is 4.74 Å². The van der Waals surface area contributed by atoms with Crippen LogP contribution in [-0.2, 0) is 11.2 Å². The van der Waals surface area contributed by atoms with E-state index >= 15 is 0 Å². The fourth-order valence-electron chi connectivity index (χ4n) is 3.28. The van der Waals surface area contributed by atoms with E-state index in [2.05, 4.69) is 58.6 Å². The summed E-state index contributed by atoms with van der Waals surface area (Å²) in [6.07, 6.45) is 4.59. The summed E-state index contributed by atoms with van der Waals surface area (Å²) in [5.74, 6) is 1.51. The number of ether oxygens (including phenoxy) is 1. The molecule has 1 fully saturated rings. The highest BCUT2D eigenvalue weighted by Gasteiger charge is 2.09. The van der Waals surface area contributed by atoms with Crippen LogP contribution in [0.25, 0.3) is 0 Å². The van der Waals surface area contributed by atoms with E-state index in [0.29, 0.717) is 5.92 Å². The van der Waals surface area contributed by atoms with E-state index in [9.17, 15) is 0 Å². The number of unbranched alkanes of at least 4 members (excludes halogenated alkanes) is 1. The molecule has 27 heavy (non-hydrogen) atoms. The first-order valence-electron chi connectivity index (χ1n) is 10.5. The first kappa shape index (κ1) is 21.7. The molecule has 0 aromatic heterocycles. The summed E-state index contributed by atoms with van der Waals surface area (Å²) in [7, 11) is 1.84. The standard InChI is InChI=1S/C22H38N4O/c1-19(2)21-10-8-20(9-11-21)7-6-13-25-22(23-3)24-12-4-5-14-26-15-17-27-18-16-26/h8-11,19H,4-7,12-18H2,1-3H3,(H2,23,24,25). The molecule has 0 aliphatic carbocycles. The lowest BCUT2D eigenvalue weighted by atomic mass is 10.0. The molecule has 1 aromatic carbocycles. The van der Waals surface area contributed by atoms with Crippen LogP contribution in [-0.4, -0.2) is 63.8 Å². The number of aryl methyl sites for hydroxylation is 1. The molecule has 0 unspecified atom stereocenters. The largest absolute Gasteiger partial charge is 0.379 e. The SMILES string of the molecule is CN=C(NCCCCN1CCOCC1)NCCCc1ccc(C(C)C)cc1. The summed E-state index contributed by atoms with van der Waals surface area (Å²) >= 11 is 0. The van der Waals surface area contributed by atoms with Crippen molar-refractivity contribution in [3.8, 4) is 0 Å². The van der Waals surface area contributed by atoms with Gasteiger partial charge in [0.15, 0.2) is 5.96 Å². The smallest absolute Gasteiger partial charge is 0.190 e. The Morgan fingerprint density at radius 2 is 1.70 bits per heavy atom. The Morgan fingerprint density at radius 3 is 2.33 bits per heavy atom. The van der Waals surface area contributed by atoms with Gasteiger partial charge in [0.1, 0.15) is 0 Å². The molecular weight excluding hydrogens is 336 g/mol. The molecule has 0 spiro atoms. The maximum atomic E-state index is 5.38. The highest BCUT2D eigenvalue weighted by Crippen LogP contribution is 2.15. The van der Waals surface area contributed by atoms with Crippen molar-refractivity contribution in [3.05, 3.63) is 35.4 Å². The van der Waals surface area contributed by atoms with E-state index in [1.165, 1.54) is 30.5 Å². The van der Waals surface area contributed by atoms with Gasteiger partial charge in [0.2, 0.25) is 0 Å². The minimum absolute atomic E-state index is 0.601. The number of rotatable bonds is 10. The molecule has 152 valence electrons. The maximum absolute atomic E-state index is 5.38. The average molecular weight is 375 g/mol. The van der Waals surface area contributed by atoms with Crippen LogP contribution in [0.15, 0.2) is 29.3 Å². The molecule has 0 amide bonds. The zero-order valence-corrected chi connectivity index (χ0v) is 17.5. The Balaban J connectivity index is 1.52. The van der Waals surface area contributed by atoms with Crippen LogP contribution in [0.3, 0.4) is 0 Å². The Morgan fingerprint density at radius 1 is 1.04 bits per heavy atom. The number of guanidine groups is 1.